The van der Waals surface area contributed by atoms with E-state index in [1.54, 1.807) is 20.8 Å². The van der Waals surface area contributed by atoms with Crippen molar-refractivity contribution in [3.05, 3.63) is 0 Å². The summed E-state index contributed by atoms with van der Waals surface area (Å²) in [6.07, 6.45) is 1.21. The van der Waals surface area contributed by atoms with Crippen molar-refractivity contribution in [3.8, 4) is 0 Å². The molecule has 15 heavy (non-hydrogen) atoms. The van der Waals surface area contributed by atoms with Gasteiger partial charge in [-0.2, -0.15) is 0 Å². The Bertz CT molecular complexity index is 356. The van der Waals surface area contributed by atoms with Gasteiger partial charge in [0.1, 0.15) is 6.04 Å². The summed E-state index contributed by atoms with van der Waals surface area (Å²) in [6.45, 7) is 4.99. The molecule has 2 N–H and O–H groups in total. The Kier molecular flexibility index (Phi) is 3.11. The largest absolute Gasteiger partial charge is 0.480 e. The van der Waals surface area contributed by atoms with E-state index in [-0.39, 0.29) is 5.92 Å². The molecule has 1 fully saturated rings. The third-order valence-corrected chi connectivity index (χ3v) is 5.09. The summed E-state index contributed by atoms with van der Waals surface area (Å²) >= 11 is 0. The number of hydrogen-bond acceptors (Lipinski definition) is 3. The highest BCUT2D eigenvalue weighted by molar-refractivity contribution is 7.91. The average molecular weight is 235 g/mol. The van der Waals surface area contributed by atoms with Crippen LogP contribution in [-0.2, 0) is 14.8 Å². The van der Waals surface area contributed by atoms with Crippen molar-refractivity contribution in [1.29, 1.82) is 0 Å². The first-order chi connectivity index (χ1) is 6.69. The van der Waals surface area contributed by atoms with Crippen LogP contribution in [-0.4, -0.2) is 30.3 Å². The van der Waals surface area contributed by atoms with Crippen LogP contribution in [0.25, 0.3) is 0 Å². The van der Waals surface area contributed by atoms with Crippen molar-refractivity contribution < 1.29 is 18.3 Å². The van der Waals surface area contributed by atoms with Crippen molar-refractivity contribution in [1.82, 2.24) is 4.72 Å². The minimum atomic E-state index is -3.51. The molecule has 0 bridgehead atoms. The van der Waals surface area contributed by atoms with E-state index < -0.39 is 26.8 Å². The molecule has 0 radical (unpaired) electrons. The molecule has 6 heteroatoms. The number of nitrogens with one attached hydrogen (secondary N) is 1. The zero-order chi connectivity index (χ0) is 11.9. The molecule has 0 aromatic rings. The number of carbonyl (C=O) groups is 1. The van der Waals surface area contributed by atoms with Gasteiger partial charge in [0.05, 0.1) is 4.75 Å². The molecule has 1 saturated carbocycles. The minimum absolute atomic E-state index is 0.264. The molecular weight excluding hydrogens is 218 g/mol. The second-order valence-corrected chi connectivity index (χ2v) is 6.86. The number of rotatable bonds is 5. The Balaban J connectivity index is 2.79. The predicted molar refractivity (Wildman–Crippen MR) is 56.0 cm³/mol. The molecule has 5 nitrogen and oxygen atoms in total. The van der Waals surface area contributed by atoms with Crippen LogP contribution >= 0.6 is 0 Å². The molecule has 0 aromatic heterocycles. The monoisotopic (exact) mass is 235 g/mol. The Morgan fingerprint density at radius 3 is 2.13 bits per heavy atom. The van der Waals surface area contributed by atoms with Crippen LogP contribution in [0.2, 0.25) is 0 Å². The van der Waals surface area contributed by atoms with Gasteiger partial charge in [-0.15, -0.1) is 0 Å². The summed E-state index contributed by atoms with van der Waals surface area (Å²) in [5, 5.41) is 8.87. The fourth-order valence-electron chi connectivity index (χ4n) is 1.23. The maximum Gasteiger partial charge on any atom is 0.321 e. The lowest BCUT2D eigenvalue weighted by Crippen LogP contribution is -2.47. The Labute approximate surface area is 89.9 Å². The second-order valence-electron chi connectivity index (χ2n) is 4.63. The molecule has 0 aliphatic heterocycles. The lowest BCUT2D eigenvalue weighted by atomic mass is 10.1. The number of carboxylic acid groups (broad SMARTS) is 1. The van der Waals surface area contributed by atoms with Gasteiger partial charge in [-0.05, 0) is 25.7 Å². The molecule has 0 saturated heterocycles. The zero-order valence-corrected chi connectivity index (χ0v) is 9.97. The van der Waals surface area contributed by atoms with E-state index >= 15 is 0 Å². The van der Waals surface area contributed by atoms with Gasteiger partial charge >= 0.3 is 5.97 Å². The molecule has 0 amide bonds. The molecule has 1 aliphatic rings. The Morgan fingerprint density at radius 2 is 1.87 bits per heavy atom. The zero-order valence-electron chi connectivity index (χ0n) is 9.15. The quantitative estimate of drug-likeness (QED) is 0.729. The number of carboxylic acids is 1. The third kappa shape index (κ3) is 2.49. The normalized spacial score (nSPS) is 21.3. The van der Waals surface area contributed by atoms with Gasteiger partial charge in [-0.25, -0.2) is 13.1 Å². The molecule has 88 valence electrons. The summed E-state index contributed by atoms with van der Waals surface area (Å²) < 4.78 is 25.0. The van der Waals surface area contributed by atoms with E-state index in [9.17, 15) is 13.2 Å². The van der Waals surface area contributed by atoms with E-state index in [1.807, 2.05) is 0 Å². The average Bonchev–Trinajstić information content (AvgIpc) is 2.80. The van der Waals surface area contributed by atoms with Crippen molar-refractivity contribution >= 4 is 16.0 Å². The fourth-order valence-corrected chi connectivity index (χ4v) is 2.86. The van der Waals surface area contributed by atoms with Gasteiger partial charge in [0.15, 0.2) is 0 Å². The van der Waals surface area contributed by atoms with Crippen LogP contribution in [0.3, 0.4) is 0 Å². The Morgan fingerprint density at radius 1 is 1.40 bits per heavy atom. The topological polar surface area (TPSA) is 83.5 Å². The van der Waals surface area contributed by atoms with Gasteiger partial charge in [-0.1, -0.05) is 13.8 Å². The summed E-state index contributed by atoms with van der Waals surface area (Å²) in [5.74, 6) is -1.39. The molecule has 1 aliphatic carbocycles. The van der Waals surface area contributed by atoms with Crippen LogP contribution in [0.4, 0.5) is 0 Å². The summed E-state index contributed by atoms with van der Waals surface area (Å²) in [7, 11) is -3.51. The highest BCUT2D eigenvalue weighted by Gasteiger charge is 2.51. The summed E-state index contributed by atoms with van der Waals surface area (Å²) in [5.41, 5.74) is 0. The van der Waals surface area contributed by atoms with Gasteiger partial charge in [0, 0.05) is 0 Å². The molecule has 0 aromatic carbocycles. The van der Waals surface area contributed by atoms with E-state index in [1.165, 1.54) is 0 Å². The van der Waals surface area contributed by atoms with E-state index in [0.717, 1.165) is 0 Å². The molecule has 1 rings (SSSR count). The molecular formula is C9H17NO4S. The SMILES string of the molecule is CC(C)C(NS(=O)(=O)C1(C)CC1)C(=O)O. The van der Waals surface area contributed by atoms with Crippen molar-refractivity contribution in [2.24, 2.45) is 5.92 Å². The van der Waals surface area contributed by atoms with Gasteiger partial charge in [0.25, 0.3) is 0 Å². The number of hydrogen-bond donors (Lipinski definition) is 2. The molecule has 1 unspecified atom stereocenters. The van der Waals surface area contributed by atoms with E-state index in [2.05, 4.69) is 4.72 Å². The number of aliphatic carboxylic acids is 1. The lowest BCUT2D eigenvalue weighted by Gasteiger charge is -2.20. The third-order valence-electron chi connectivity index (χ3n) is 2.82. The van der Waals surface area contributed by atoms with E-state index in [0.29, 0.717) is 12.8 Å². The van der Waals surface area contributed by atoms with Crippen molar-refractivity contribution in [2.45, 2.75) is 44.4 Å². The predicted octanol–water partition coefficient (Wildman–Crippen LogP) is 0.567. The highest BCUT2D eigenvalue weighted by atomic mass is 32.2. The van der Waals surface area contributed by atoms with Crippen LogP contribution in [0.1, 0.15) is 33.6 Å². The van der Waals surface area contributed by atoms with Gasteiger partial charge < -0.3 is 5.11 Å². The van der Waals surface area contributed by atoms with Gasteiger partial charge in [-0.3, -0.25) is 4.79 Å². The van der Waals surface area contributed by atoms with Crippen LogP contribution < -0.4 is 4.72 Å². The highest BCUT2D eigenvalue weighted by Crippen LogP contribution is 2.42. The van der Waals surface area contributed by atoms with Gasteiger partial charge in [0.2, 0.25) is 10.0 Å². The van der Waals surface area contributed by atoms with Crippen LogP contribution in [0.5, 0.6) is 0 Å². The summed E-state index contributed by atoms with van der Waals surface area (Å²) in [4.78, 5) is 10.8. The molecule has 0 spiro atoms. The first-order valence-corrected chi connectivity index (χ1v) is 6.42. The molecule has 1 atom stereocenters. The maximum absolute atomic E-state index is 11.8. The van der Waals surface area contributed by atoms with E-state index in [4.69, 9.17) is 5.11 Å². The lowest BCUT2D eigenvalue weighted by molar-refractivity contribution is -0.140. The van der Waals surface area contributed by atoms with Crippen LogP contribution in [0.15, 0.2) is 0 Å². The minimum Gasteiger partial charge on any atom is -0.480 e. The van der Waals surface area contributed by atoms with Crippen molar-refractivity contribution in [2.75, 3.05) is 0 Å². The smallest absolute Gasteiger partial charge is 0.321 e. The summed E-state index contributed by atoms with van der Waals surface area (Å²) in [6, 6.07) is -1.03. The fraction of sp³-hybridized carbons (Fsp3) is 0.889. The van der Waals surface area contributed by atoms with Crippen LogP contribution in [0, 0.1) is 5.92 Å². The maximum atomic E-state index is 11.8. The number of sulfonamides is 1. The standard InChI is InChI=1S/C9H17NO4S/c1-6(2)7(8(11)12)10-15(13,14)9(3)4-5-9/h6-7,10H,4-5H2,1-3H3,(H,11,12). The first-order valence-electron chi connectivity index (χ1n) is 4.94. The molecule has 0 heterocycles. The first kappa shape index (κ1) is 12.4. The second kappa shape index (κ2) is 3.75. The van der Waals surface area contributed by atoms with Crippen molar-refractivity contribution in [3.63, 3.8) is 0 Å². The Hall–Kier alpha value is -0.620.